The standard InChI is InChI=1S/C18H18N2O3S/c1-3-15(13-7-5-4-6-8-13)17(22)23-11-14-9-16(21)20-10-12(2)24-18(20)19-14/h4-10,15H,3,11H2,1-2H3/t15-/m1/s1. The van der Waals surface area contributed by atoms with Crippen LogP contribution >= 0.6 is 11.3 Å². The number of aromatic nitrogens is 2. The highest BCUT2D eigenvalue weighted by Crippen LogP contribution is 2.21. The molecular weight excluding hydrogens is 324 g/mol. The molecule has 3 aromatic rings. The van der Waals surface area contributed by atoms with Gasteiger partial charge < -0.3 is 4.74 Å². The minimum atomic E-state index is -0.306. The fraction of sp³-hybridized carbons (Fsp3) is 0.278. The van der Waals surface area contributed by atoms with Crippen molar-refractivity contribution in [1.82, 2.24) is 9.38 Å². The van der Waals surface area contributed by atoms with Gasteiger partial charge in [0, 0.05) is 17.1 Å². The number of hydrogen-bond acceptors (Lipinski definition) is 5. The van der Waals surface area contributed by atoms with Crippen LogP contribution in [-0.4, -0.2) is 15.4 Å². The predicted molar refractivity (Wildman–Crippen MR) is 93.3 cm³/mol. The number of hydrogen-bond donors (Lipinski definition) is 0. The van der Waals surface area contributed by atoms with E-state index in [1.807, 2.05) is 44.2 Å². The molecule has 0 aliphatic rings. The lowest BCUT2D eigenvalue weighted by Gasteiger charge is -2.14. The highest BCUT2D eigenvalue weighted by molar-refractivity contribution is 7.16. The number of fused-ring (bicyclic) bond motifs is 1. The van der Waals surface area contributed by atoms with Gasteiger partial charge in [-0.2, -0.15) is 0 Å². The first-order chi connectivity index (χ1) is 11.6. The zero-order chi connectivity index (χ0) is 17.1. The molecule has 1 aromatic carbocycles. The summed E-state index contributed by atoms with van der Waals surface area (Å²) in [6.45, 7) is 3.87. The molecule has 3 rings (SSSR count). The molecule has 0 saturated carbocycles. The molecule has 0 aliphatic carbocycles. The lowest BCUT2D eigenvalue weighted by Crippen LogP contribution is -2.18. The second-order valence-corrected chi connectivity index (χ2v) is 6.77. The van der Waals surface area contributed by atoms with E-state index in [-0.39, 0.29) is 24.1 Å². The molecule has 24 heavy (non-hydrogen) atoms. The number of esters is 1. The average molecular weight is 342 g/mol. The number of nitrogens with zero attached hydrogens (tertiary/aromatic N) is 2. The third kappa shape index (κ3) is 3.38. The molecule has 0 N–H and O–H groups in total. The number of aryl methyl sites for hydroxylation is 1. The molecule has 0 spiro atoms. The second kappa shape index (κ2) is 6.97. The normalized spacial score (nSPS) is 12.2. The summed E-state index contributed by atoms with van der Waals surface area (Å²) >= 11 is 1.43. The summed E-state index contributed by atoms with van der Waals surface area (Å²) < 4.78 is 6.91. The number of benzene rings is 1. The van der Waals surface area contributed by atoms with Gasteiger partial charge in [0.05, 0.1) is 11.6 Å². The number of rotatable bonds is 5. The van der Waals surface area contributed by atoms with E-state index in [9.17, 15) is 9.59 Å². The maximum Gasteiger partial charge on any atom is 0.313 e. The molecule has 0 unspecified atom stereocenters. The van der Waals surface area contributed by atoms with Crippen LogP contribution in [0.2, 0.25) is 0 Å². The molecule has 0 amide bonds. The summed E-state index contributed by atoms with van der Waals surface area (Å²) in [7, 11) is 0. The SMILES string of the molecule is CC[C@@H](C(=O)OCc1cc(=O)n2cc(C)sc2n1)c1ccccc1. The van der Waals surface area contributed by atoms with Crippen molar-refractivity contribution in [2.75, 3.05) is 0 Å². The Labute approximate surface area is 143 Å². The van der Waals surface area contributed by atoms with Crippen molar-refractivity contribution in [3.63, 3.8) is 0 Å². The molecule has 0 aliphatic heterocycles. The lowest BCUT2D eigenvalue weighted by molar-refractivity contribution is -0.147. The zero-order valence-corrected chi connectivity index (χ0v) is 14.4. The van der Waals surface area contributed by atoms with Crippen LogP contribution < -0.4 is 5.56 Å². The second-order valence-electron chi connectivity index (χ2n) is 5.56. The van der Waals surface area contributed by atoms with Gasteiger partial charge in [-0.05, 0) is 18.9 Å². The Balaban J connectivity index is 1.75. The highest BCUT2D eigenvalue weighted by Gasteiger charge is 2.20. The van der Waals surface area contributed by atoms with Crippen molar-refractivity contribution in [2.24, 2.45) is 0 Å². The van der Waals surface area contributed by atoms with Gasteiger partial charge in [-0.3, -0.25) is 14.0 Å². The Bertz CT molecular complexity index is 915. The summed E-state index contributed by atoms with van der Waals surface area (Å²) in [5.74, 6) is -0.604. The van der Waals surface area contributed by atoms with Crippen LogP contribution in [0.4, 0.5) is 0 Å². The number of thiazole rings is 1. The summed E-state index contributed by atoms with van der Waals surface area (Å²) in [4.78, 5) is 30.4. The zero-order valence-electron chi connectivity index (χ0n) is 13.6. The summed E-state index contributed by atoms with van der Waals surface area (Å²) in [6, 6.07) is 11.0. The summed E-state index contributed by atoms with van der Waals surface area (Å²) in [5.41, 5.74) is 1.24. The van der Waals surface area contributed by atoms with Gasteiger partial charge in [0.1, 0.15) is 6.61 Å². The van der Waals surface area contributed by atoms with Gasteiger partial charge in [0.2, 0.25) is 0 Å². The molecule has 2 heterocycles. The molecule has 0 fully saturated rings. The summed E-state index contributed by atoms with van der Waals surface area (Å²) in [6.07, 6.45) is 2.41. The molecule has 0 radical (unpaired) electrons. The molecule has 124 valence electrons. The van der Waals surface area contributed by atoms with Gasteiger partial charge in [-0.25, -0.2) is 4.98 Å². The Morgan fingerprint density at radius 2 is 2.08 bits per heavy atom. The predicted octanol–water partition coefficient (Wildman–Crippen LogP) is 3.30. The van der Waals surface area contributed by atoms with E-state index in [1.54, 1.807) is 6.20 Å². The minimum Gasteiger partial charge on any atom is -0.459 e. The van der Waals surface area contributed by atoms with E-state index in [1.165, 1.54) is 21.8 Å². The van der Waals surface area contributed by atoms with Gasteiger partial charge >= 0.3 is 5.97 Å². The molecular formula is C18H18N2O3S. The van der Waals surface area contributed by atoms with Crippen molar-refractivity contribution in [2.45, 2.75) is 32.8 Å². The van der Waals surface area contributed by atoms with Crippen LogP contribution in [0.5, 0.6) is 0 Å². The van der Waals surface area contributed by atoms with Crippen LogP contribution in [0.3, 0.4) is 0 Å². The van der Waals surface area contributed by atoms with Crippen LogP contribution in [0, 0.1) is 6.92 Å². The number of carbonyl (C=O) groups is 1. The van der Waals surface area contributed by atoms with Crippen molar-refractivity contribution < 1.29 is 9.53 Å². The molecule has 2 aromatic heterocycles. The topological polar surface area (TPSA) is 60.7 Å². The highest BCUT2D eigenvalue weighted by atomic mass is 32.1. The third-order valence-corrected chi connectivity index (χ3v) is 4.69. The third-order valence-electron chi connectivity index (χ3n) is 3.79. The molecule has 6 heteroatoms. The number of carbonyl (C=O) groups excluding carboxylic acids is 1. The smallest absolute Gasteiger partial charge is 0.313 e. The fourth-order valence-electron chi connectivity index (χ4n) is 2.60. The average Bonchev–Trinajstić information content (AvgIpc) is 2.95. The van der Waals surface area contributed by atoms with Crippen LogP contribution in [0.25, 0.3) is 4.96 Å². The molecule has 5 nitrogen and oxygen atoms in total. The first-order valence-electron chi connectivity index (χ1n) is 7.78. The van der Waals surface area contributed by atoms with E-state index in [0.29, 0.717) is 17.1 Å². The van der Waals surface area contributed by atoms with E-state index in [0.717, 1.165) is 10.4 Å². The van der Waals surface area contributed by atoms with Gasteiger partial charge in [-0.1, -0.05) is 37.3 Å². The van der Waals surface area contributed by atoms with Crippen molar-refractivity contribution in [3.8, 4) is 0 Å². The molecule has 0 saturated heterocycles. The maximum absolute atomic E-state index is 12.4. The largest absolute Gasteiger partial charge is 0.459 e. The lowest BCUT2D eigenvalue weighted by atomic mass is 9.97. The van der Waals surface area contributed by atoms with E-state index in [4.69, 9.17) is 4.74 Å². The quantitative estimate of drug-likeness (QED) is 0.668. The first-order valence-corrected chi connectivity index (χ1v) is 8.60. The first kappa shape index (κ1) is 16.4. The Hall–Kier alpha value is -2.47. The minimum absolute atomic E-state index is 0.00482. The van der Waals surface area contributed by atoms with Crippen molar-refractivity contribution >= 4 is 22.3 Å². The number of ether oxygens (including phenoxy) is 1. The van der Waals surface area contributed by atoms with Crippen LogP contribution in [0.1, 0.15) is 35.4 Å². The van der Waals surface area contributed by atoms with Gasteiger partial charge in [-0.15, -0.1) is 11.3 Å². The van der Waals surface area contributed by atoms with E-state index in [2.05, 4.69) is 4.98 Å². The monoisotopic (exact) mass is 342 g/mol. The van der Waals surface area contributed by atoms with E-state index >= 15 is 0 Å². The maximum atomic E-state index is 12.4. The van der Waals surface area contributed by atoms with E-state index < -0.39 is 0 Å². The van der Waals surface area contributed by atoms with Crippen LogP contribution in [0.15, 0.2) is 47.4 Å². The molecule has 0 bridgehead atoms. The van der Waals surface area contributed by atoms with Crippen LogP contribution in [-0.2, 0) is 16.1 Å². The summed E-state index contributed by atoms with van der Waals surface area (Å²) in [5, 5.41) is 0. The van der Waals surface area contributed by atoms with Gasteiger partial charge in [0.15, 0.2) is 4.96 Å². The van der Waals surface area contributed by atoms with Gasteiger partial charge in [0.25, 0.3) is 5.56 Å². The van der Waals surface area contributed by atoms with Crippen molar-refractivity contribution in [1.29, 1.82) is 0 Å². The Morgan fingerprint density at radius 1 is 1.33 bits per heavy atom. The van der Waals surface area contributed by atoms with Crippen molar-refractivity contribution in [3.05, 3.63) is 69.1 Å². The Morgan fingerprint density at radius 3 is 2.79 bits per heavy atom. The fourth-order valence-corrected chi connectivity index (χ4v) is 3.45. The Kier molecular flexibility index (Phi) is 4.76. The molecule has 1 atom stereocenters.